The first-order chi connectivity index (χ1) is 8.39. The van der Waals surface area contributed by atoms with E-state index in [4.69, 9.17) is 5.73 Å². The molecule has 0 saturated carbocycles. The Morgan fingerprint density at radius 2 is 2.22 bits per heavy atom. The highest BCUT2D eigenvalue weighted by atomic mass is 16.2. The van der Waals surface area contributed by atoms with Gasteiger partial charge in [-0.05, 0) is 24.8 Å². The molecule has 104 valence electrons. The number of hydrogen-bond acceptors (Lipinski definition) is 3. The summed E-state index contributed by atoms with van der Waals surface area (Å²) in [4.78, 5) is 25.4. The molecule has 1 unspecified atom stereocenters. The molecular weight excluding hydrogens is 230 g/mol. The van der Waals surface area contributed by atoms with E-state index in [9.17, 15) is 9.59 Å². The van der Waals surface area contributed by atoms with Crippen LogP contribution in [0, 0.1) is 5.41 Å². The molecule has 1 fully saturated rings. The van der Waals surface area contributed by atoms with Crippen LogP contribution in [0.2, 0.25) is 0 Å². The van der Waals surface area contributed by atoms with Gasteiger partial charge in [0, 0.05) is 19.5 Å². The zero-order valence-corrected chi connectivity index (χ0v) is 11.7. The Morgan fingerprint density at radius 1 is 1.56 bits per heavy atom. The third kappa shape index (κ3) is 3.98. The van der Waals surface area contributed by atoms with Crippen LogP contribution in [-0.4, -0.2) is 42.4 Å². The summed E-state index contributed by atoms with van der Waals surface area (Å²) >= 11 is 0. The SMILES string of the molecule is CCCN(CC(C)(C)CN)C(=O)C1CCC(=O)N1. The first kappa shape index (κ1) is 15.0. The summed E-state index contributed by atoms with van der Waals surface area (Å²) in [7, 11) is 0. The van der Waals surface area contributed by atoms with Crippen molar-refractivity contribution in [3.8, 4) is 0 Å². The predicted molar refractivity (Wildman–Crippen MR) is 70.9 cm³/mol. The number of carbonyl (C=O) groups is 2. The Kier molecular flexibility index (Phi) is 5.14. The Balaban J connectivity index is 2.66. The monoisotopic (exact) mass is 255 g/mol. The maximum Gasteiger partial charge on any atom is 0.245 e. The summed E-state index contributed by atoms with van der Waals surface area (Å²) in [5.74, 6) is 0.00658. The largest absolute Gasteiger partial charge is 0.344 e. The van der Waals surface area contributed by atoms with Gasteiger partial charge in [-0.1, -0.05) is 20.8 Å². The number of rotatable bonds is 6. The van der Waals surface area contributed by atoms with Gasteiger partial charge in [-0.2, -0.15) is 0 Å². The average molecular weight is 255 g/mol. The zero-order chi connectivity index (χ0) is 13.8. The van der Waals surface area contributed by atoms with Crippen molar-refractivity contribution in [1.82, 2.24) is 10.2 Å². The lowest BCUT2D eigenvalue weighted by Crippen LogP contribution is -2.49. The van der Waals surface area contributed by atoms with Gasteiger partial charge in [-0.15, -0.1) is 0 Å². The molecule has 5 nitrogen and oxygen atoms in total. The molecule has 1 heterocycles. The molecule has 1 aliphatic rings. The molecule has 18 heavy (non-hydrogen) atoms. The lowest BCUT2D eigenvalue weighted by molar-refractivity contribution is -0.135. The fourth-order valence-electron chi connectivity index (χ4n) is 2.14. The lowest BCUT2D eigenvalue weighted by Gasteiger charge is -2.33. The predicted octanol–water partition coefficient (Wildman–Crippen LogP) is 0.489. The van der Waals surface area contributed by atoms with E-state index in [-0.39, 0.29) is 23.3 Å². The van der Waals surface area contributed by atoms with Crippen LogP contribution >= 0.6 is 0 Å². The molecular formula is C13H25N3O2. The first-order valence-electron chi connectivity index (χ1n) is 6.68. The van der Waals surface area contributed by atoms with Gasteiger partial charge in [0.25, 0.3) is 0 Å². The van der Waals surface area contributed by atoms with Gasteiger partial charge in [0.05, 0.1) is 0 Å². The minimum Gasteiger partial charge on any atom is -0.344 e. The molecule has 0 radical (unpaired) electrons. The van der Waals surface area contributed by atoms with Crippen molar-refractivity contribution >= 4 is 11.8 Å². The third-order valence-corrected chi connectivity index (χ3v) is 3.27. The number of nitrogens with one attached hydrogen (secondary N) is 1. The quantitative estimate of drug-likeness (QED) is 0.725. The molecule has 1 saturated heterocycles. The molecule has 0 aromatic rings. The molecule has 0 spiro atoms. The van der Waals surface area contributed by atoms with Crippen LogP contribution < -0.4 is 11.1 Å². The van der Waals surface area contributed by atoms with Gasteiger partial charge < -0.3 is 16.0 Å². The van der Waals surface area contributed by atoms with Crippen LogP contribution in [0.5, 0.6) is 0 Å². The average Bonchev–Trinajstić information content (AvgIpc) is 2.74. The second kappa shape index (κ2) is 6.18. The minimum atomic E-state index is -0.336. The van der Waals surface area contributed by atoms with Crippen molar-refractivity contribution in [2.45, 2.75) is 46.1 Å². The van der Waals surface area contributed by atoms with Crippen LogP contribution in [0.4, 0.5) is 0 Å². The van der Waals surface area contributed by atoms with E-state index in [1.54, 1.807) is 0 Å². The topological polar surface area (TPSA) is 75.4 Å². The maximum atomic E-state index is 12.3. The molecule has 3 N–H and O–H groups in total. The van der Waals surface area contributed by atoms with Crippen LogP contribution in [0.3, 0.4) is 0 Å². The Labute approximate surface area is 109 Å². The number of carbonyl (C=O) groups excluding carboxylic acids is 2. The van der Waals surface area contributed by atoms with Crippen LogP contribution in [0.25, 0.3) is 0 Å². The Bertz CT molecular complexity index is 315. The van der Waals surface area contributed by atoms with Crippen molar-refractivity contribution in [1.29, 1.82) is 0 Å². The second-order valence-electron chi connectivity index (χ2n) is 5.79. The van der Waals surface area contributed by atoms with Gasteiger partial charge in [-0.25, -0.2) is 0 Å². The molecule has 5 heteroatoms. The highest BCUT2D eigenvalue weighted by Crippen LogP contribution is 2.18. The van der Waals surface area contributed by atoms with Crippen LogP contribution in [0.1, 0.15) is 40.0 Å². The van der Waals surface area contributed by atoms with Crippen LogP contribution in [-0.2, 0) is 9.59 Å². The van der Waals surface area contributed by atoms with Gasteiger partial charge in [0.2, 0.25) is 11.8 Å². The summed E-state index contributed by atoms with van der Waals surface area (Å²) in [5, 5.41) is 2.73. The summed E-state index contributed by atoms with van der Waals surface area (Å²) in [5.41, 5.74) is 5.63. The Hall–Kier alpha value is -1.10. The summed E-state index contributed by atoms with van der Waals surface area (Å²) in [6.07, 6.45) is 1.98. The highest BCUT2D eigenvalue weighted by Gasteiger charge is 2.32. The number of nitrogens with zero attached hydrogens (tertiary/aromatic N) is 1. The van der Waals surface area contributed by atoms with Crippen LogP contribution in [0.15, 0.2) is 0 Å². The summed E-state index contributed by atoms with van der Waals surface area (Å²) in [6, 6.07) is -0.336. The van der Waals surface area contributed by atoms with E-state index in [1.807, 2.05) is 11.8 Å². The van der Waals surface area contributed by atoms with Crippen molar-refractivity contribution in [2.75, 3.05) is 19.6 Å². The second-order valence-corrected chi connectivity index (χ2v) is 5.79. The molecule has 0 aromatic carbocycles. The summed E-state index contributed by atoms with van der Waals surface area (Å²) < 4.78 is 0. The number of nitrogens with two attached hydrogens (primary N) is 1. The van der Waals surface area contributed by atoms with Crippen molar-refractivity contribution in [2.24, 2.45) is 11.1 Å². The van der Waals surface area contributed by atoms with Crippen molar-refractivity contribution in [3.05, 3.63) is 0 Å². The van der Waals surface area contributed by atoms with E-state index >= 15 is 0 Å². The molecule has 2 amide bonds. The van der Waals surface area contributed by atoms with Crippen molar-refractivity contribution < 1.29 is 9.59 Å². The summed E-state index contributed by atoms with van der Waals surface area (Å²) in [6.45, 7) is 8.05. The lowest BCUT2D eigenvalue weighted by atomic mass is 9.92. The molecule has 1 rings (SSSR count). The molecule has 0 aromatic heterocycles. The van der Waals surface area contributed by atoms with Gasteiger partial charge >= 0.3 is 0 Å². The number of hydrogen-bond donors (Lipinski definition) is 2. The van der Waals surface area contributed by atoms with Gasteiger partial charge in [0.1, 0.15) is 6.04 Å². The minimum absolute atomic E-state index is 0.0251. The molecule has 1 atom stereocenters. The van der Waals surface area contributed by atoms with Gasteiger partial charge in [-0.3, -0.25) is 9.59 Å². The smallest absolute Gasteiger partial charge is 0.245 e. The van der Waals surface area contributed by atoms with Gasteiger partial charge in [0.15, 0.2) is 0 Å². The van der Waals surface area contributed by atoms with E-state index in [1.165, 1.54) is 0 Å². The number of amides is 2. The highest BCUT2D eigenvalue weighted by molar-refractivity contribution is 5.90. The van der Waals surface area contributed by atoms with Crippen molar-refractivity contribution in [3.63, 3.8) is 0 Å². The van der Waals surface area contributed by atoms with E-state index < -0.39 is 0 Å². The maximum absolute atomic E-state index is 12.3. The van der Waals surface area contributed by atoms with E-state index in [0.29, 0.717) is 32.5 Å². The van der Waals surface area contributed by atoms with E-state index in [2.05, 4.69) is 19.2 Å². The molecule has 0 aliphatic carbocycles. The third-order valence-electron chi connectivity index (χ3n) is 3.27. The fraction of sp³-hybridized carbons (Fsp3) is 0.846. The first-order valence-corrected chi connectivity index (χ1v) is 6.68. The fourth-order valence-corrected chi connectivity index (χ4v) is 2.14. The standard InChI is InChI=1S/C13H25N3O2/c1-4-7-16(9-13(2,3)8-14)12(18)10-5-6-11(17)15-10/h10H,4-9,14H2,1-3H3,(H,15,17). The molecule has 0 bridgehead atoms. The van der Waals surface area contributed by atoms with E-state index in [0.717, 1.165) is 6.42 Å². The normalized spacial score (nSPS) is 19.8. The zero-order valence-electron chi connectivity index (χ0n) is 11.7. The Morgan fingerprint density at radius 3 is 2.67 bits per heavy atom. The molecule has 1 aliphatic heterocycles.